The molecule has 6 aromatic carbocycles. The van der Waals surface area contributed by atoms with Crippen molar-refractivity contribution in [2.24, 2.45) is 5.73 Å². The first-order valence-electron chi connectivity index (χ1n) is 24.2. The summed E-state index contributed by atoms with van der Waals surface area (Å²) in [5.74, 6) is -11.0. The Labute approximate surface area is 546 Å². The number of primary amides is 1. The summed E-state index contributed by atoms with van der Waals surface area (Å²) in [5.41, 5.74) is 0.640. The summed E-state index contributed by atoms with van der Waals surface area (Å²) in [6.45, 7) is 0. The largest absolute Gasteiger partial charge is 0.488 e. The molecule has 0 radical (unpaired) electrons. The minimum absolute atomic E-state index is 0. The molecule has 0 bridgehead atoms. The van der Waals surface area contributed by atoms with Crippen LogP contribution in [0.3, 0.4) is 0 Å². The van der Waals surface area contributed by atoms with Crippen LogP contribution in [0.4, 0.5) is 76.5 Å². The Morgan fingerprint density at radius 1 is 0.422 bits per heavy atom. The van der Waals surface area contributed by atoms with Crippen LogP contribution in [0.5, 0.6) is 0 Å². The molecule has 0 unspecified atom stereocenters. The zero-order valence-corrected chi connectivity index (χ0v) is 51.8. The van der Waals surface area contributed by atoms with Gasteiger partial charge in [-0.15, -0.1) is 45.3 Å². The van der Waals surface area contributed by atoms with E-state index in [0.29, 0.717) is 26.5 Å². The second-order valence-corrected chi connectivity index (χ2v) is 24.7. The van der Waals surface area contributed by atoms with Crippen molar-refractivity contribution in [1.29, 1.82) is 0 Å². The lowest BCUT2D eigenvalue weighted by atomic mass is 9.79. The first-order chi connectivity index (χ1) is 41.9. The fourth-order valence-electron chi connectivity index (χ4n) is 6.67. The third-order valence-electron chi connectivity index (χ3n) is 10.7. The molecular formula is C59H41BF14I2N4O6S4. The van der Waals surface area contributed by atoms with E-state index in [2.05, 4.69) is 72.6 Å². The maximum absolute atomic E-state index is 13.6. The number of amides is 4. The SMILES string of the molecule is C.Ic1cccs1.NC(=O)c1c(F)cccc1F.O=C(Nc1ccc(-c2cccc(C(F)(F)F)c2)s1)c1c(F)cccc1F.O=C(Nc1ccc(I)s1)c1c(F)cccc1F.O=C(Nc1cccs1)c1c(F)cccc1F.OB(O)c1cccc(C(F)(F)F)c1. The molecule has 10 nitrogen and oxygen atoms in total. The summed E-state index contributed by atoms with van der Waals surface area (Å²) in [7, 11) is -1.87. The van der Waals surface area contributed by atoms with Gasteiger partial charge >= 0.3 is 19.5 Å². The van der Waals surface area contributed by atoms with E-state index in [0.717, 1.165) is 99.1 Å². The molecule has 0 aliphatic carbocycles. The van der Waals surface area contributed by atoms with Crippen LogP contribution in [0.2, 0.25) is 0 Å². The summed E-state index contributed by atoms with van der Waals surface area (Å²) >= 11 is 9.76. The predicted molar refractivity (Wildman–Crippen MR) is 339 cm³/mol. The van der Waals surface area contributed by atoms with Crippen molar-refractivity contribution in [2.45, 2.75) is 19.8 Å². The third kappa shape index (κ3) is 23.1. The van der Waals surface area contributed by atoms with E-state index >= 15 is 0 Å². The summed E-state index contributed by atoms with van der Waals surface area (Å²) in [4.78, 5) is 46.2. The Bertz CT molecular complexity index is 3930. The molecule has 7 N–H and O–H groups in total. The van der Waals surface area contributed by atoms with Crippen molar-refractivity contribution >= 4 is 142 Å². The standard InChI is InChI=1S/C18H10F5NOS.C11H6F2INOS.C11H7F2NOS.C7H6BF3O2.C7H5F2NO.C4H3IS.CH4/c19-12-5-2-6-13(20)16(12)17(25)24-15-8-7-14(26-15)10-3-1-4-11(9-10)18(21,22)23;12-6-2-1-3-7(13)10(6)11(16)15-9-5-4-8(14)17-9;12-7-3-1-4-8(13)10(7)11(15)14-9-5-2-6-16-9;9-7(10,11)5-2-1-3-6(4-5)8(12)13;8-4-2-1-3-5(9)6(4)7(10)11;5-4-2-1-3-6-4;/h1-9H,(H,24,25);1-5H,(H,15,16);1-6H,(H,14,15);1-4,12-13H;1-3H,(H2,10,11);1-3H;1H4. The van der Waals surface area contributed by atoms with E-state index in [1.54, 1.807) is 41.0 Å². The van der Waals surface area contributed by atoms with E-state index in [1.807, 2.05) is 6.07 Å². The van der Waals surface area contributed by atoms with Crippen molar-refractivity contribution in [2.75, 3.05) is 16.0 Å². The van der Waals surface area contributed by atoms with Crippen LogP contribution >= 0.6 is 90.5 Å². The van der Waals surface area contributed by atoms with E-state index < -0.39 is 123 Å². The van der Waals surface area contributed by atoms with Gasteiger partial charge in [0.25, 0.3) is 23.6 Å². The zero-order valence-electron chi connectivity index (χ0n) is 44.2. The molecule has 0 spiro atoms. The lowest BCUT2D eigenvalue weighted by molar-refractivity contribution is -0.138. The van der Waals surface area contributed by atoms with Crippen LogP contribution in [0, 0.1) is 52.3 Å². The fraction of sp³-hybridized carbons (Fsp3) is 0.0508. The van der Waals surface area contributed by atoms with E-state index in [1.165, 1.54) is 68.0 Å². The molecule has 31 heteroatoms. The molecule has 0 aliphatic heterocycles. The summed E-state index contributed by atoms with van der Waals surface area (Å²) in [6.07, 6.45) is -8.92. The molecular weight excluding hydrogens is 1520 g/mol. The fourth-order valence-corrected chi connectivity index (χ4v) is 10.8. The lowest BCUT2D eigenvalue weighted by Gasteiger charge is -2.07. The van der Waals surface area contributed by atoms with Crippen LogP contribution < -0.4 is 27.1 Å². The minimum Gasteiger partial charge on any atom is -0.423 e. The molecule has 0 atom stereocenters. The maximum atomic E-state index is 13.6. The van der Waals surface area contributed by atoms with Crippen LogP contribution in [0.15, 0.2) is 181 Å². The molecule has 10 rings (SSSR count). The van der Waals surface area contributed by atoms with Crippen LogP contribution in [-0.4, -0.2) is 40.8 Å². The molecule has 90 heavy (non-hydrogen) atoms. The summed E-state index contributed by atoms with van der Waals surface area (Å²) in [6, 6.07) is 35.4. The number of nitrogens with two attached hydrogens (primary N) is 1. The van der Waals surface area contributed by atoms with Gasteiger partial charge in [-0.25, -0.2) is 35.1 Å². The first-order valence-corrected chi connectivity index (χ1v) is 29.8. The smallest absolute Gasteiger partial charge is 0.423 e. The first kappa shape index (κ1) is 74.9. The number of carbonyl (C=O) groups is 4. The number of halogens is 16. The van der Waals surface area contributed by atoms with Gasteiger partial charge in [0.1, 0.15) is 68.8 Å². The van der Waals surface area contributed by atoms with E-state index in [9.17, 15) is 80.6 Å². The van der Waals surface area contributed by atoms with Gasteiger partial charge in [-0.3, -0.25) is 19.2 Å². The molecule has 4 aromatic heterocycles. The molecule has 0 saturated heterocycles. The number of hydrogen-bond donors (Lipinski definition) is 6. The van der Waals surface area contributed by atoms with Gasteiger partial charge in [0.05, 0.1) is 31.9 Å². The molecule has 0 aliphatic rings. The number of alkyl halides is 6. The van der Waals surface area contributed by atoms with Gasteiger partial charge in [-0.1, -0.05) is 74.2 Å². The normalized spacial score (nSPS) is 10.5. The van der Waals surface area contributed by atoms with Gasteiger partial charge < -0.3 is 31.7 Å². The van der Waals surface area contributed by atoms with Gasteiger partial charge in [0.2, 0.25) is 0 Å². The quantitative estimate of drug-likeness (QED) is 0.0477. The Morgan fingerprint density at radius 3 is 1.14 bits per heavy atom. The average molecular weight is 1560 g/mol. The summed E-state index contributed by atoms with van der Waals surface area (Å²) in [5, 5.41) is 29.6. The van der Waals surface area contributed by atoms with E-state index in [-0.39, 0.29) is 17.9 Å². The van der Waals surface area contributed by atoms with Gasteiger partial charge in [0.15, 0.2) is 0 Å². The highest BCUT2D eigenvalue weighted by Crippen LogP contribution is 2.36. The lowest BCUT2D eigenvalue weighted by Crippen LogP contribution is -2.30. The number of anilines is 3. The number of nitrogens with one attached hydrogen (secondary N) is 3. The zero-order chi connectivity index (χ0) is 65.8. The Kier molecular flexibility index (Phi) is 29.3. The maximum Gasteiger partial charge on any atom is 0.488 e. The molecule has 472 valence electrons. The van der Waals surface area contributed by atoms with Gasteiger partial charge in [0, 0.05) is 4.88 Å². The van der Waals surface area contributed by atoms with Gasteiger partial charge in [-0.05, 0) is 170 Å². The van der Waals surface area contributed by atoms with Crippen molar-refractivity contribution in [1.82, 2.24) is 0 Å². The third-order valence-corrected chi connectivity index (χ3v) is 16.1. The highest BCUT2D eigenvalue weighted by Gasteiger charge is 2.32. The number of carbonyl (C=O) groups excluding carboxylic acids is 4. The van der Waals surface area contributed by atoms with Crippen LogP contribution in [0.1, 0.15) is 60.0 Å². The highest BCUT2D eigenvalue weighted by atomic mass is 127. The molecule has 0 saturated carbocycles. The molecule has 0 fully saturated rings. The summed E-state index contributed by atoms with van der Waals surface area (Å²) < 4.78 is 182. The topological polar surface area (TPSA) is 171 Å². The van der Waals surface area contributed by atoms with E-state index in [4.69, 9.17) is 15.8 Å². The second-order valence-electron chi connectivity index (χ2n) is 16.9. The molecule has 4 amide bonds. The monoisotopic (exact) mass is 1560 g/mol. The van der Waals surface area contributed by atoms with Crippen LogP contribution in [0.25, 0.3) is 10.4 Å². The minimum atomic E-state index is -4.47. The van der Waals surface area contributed by atoms with Crippen molar-refractivity contribution in [3.8, 4) is 10.4 Å². The Balaban J connectivity index is 0.000000241. The van der Waals surface area contributed by atoms with Crippen molar-refractivity contribution in [3.63, 3.8) is 0 Å². The van der Waals surface area contributed by atoms with Gasteiger partial charge in [-0.2, -0.15) is 26.3 Å². The van der Waals surface area contributed by atoms with Crippen molar-refractivity contribution < 1.29 is 90.7 Å². The number of thiophene rings is 4. The Morgan fingerprint density at radius 2 is 0.800 bits per heavy atom. The Hall–Kier alpha value is -7.54. The van der Waals surface area contributed by atoms with Crippen LogP contribution in [-0.2, 0) is 12.4 Å². The number of benzene rings is 6. The molecule has 4 heterocycles. The number of hydrogen-bond acceptors (Lipinski definition) is 10. The molecule has 10 aromatic rings. The van der Waals surface area contributed by atoms with Crippen molar-refractivity contribution in [3.05, 3.63) is 266 Å². The predicted octanol–water partition coefficient (Wildman–Crippen LogP) is 17.6. The average Bonchev–Trinajstić information content (AvgIpc) is 4.03. The highest BCUT2D eigenvalue weighted by molar-refractivity contribution is 14.1. The second kappa shape index (κ2) is 35.2. The number of rotatable bonds is 9.